The molecule has 0 unspecified atom stereocenters. The second-order valence-electron chi connectivity index (χ2n) is 7.77. The van der Waals surface area contributed by atoms with Gasteiger partial charge in [0.25, 0.3) is 0 Å². The van der Waals surface area contributed by atoms with Crippen LogP contribution in [-0.4, -0.2) is 12.8 Å². The summed E-state index contributed by atoms with van der Waals surface area (Å²) in [6.07, 6.45) is 0. The molecular formula is C23H24BN. The standard InChI is InChI=1S/C23H24BN/c1-15-11-19(23(3,4)5)12-16(2)22(15)18-13-20(25-21(24)14-18)17-9-7-6-8-10-17/h6-14H,1-5H3. The van der Waals surface area contributed by atoms with E-state index in [-0.39, 0.29) is 5.41 Å². The molecule has 0 spiro atoms. The van der Waals surface area contributed by atoms with Gasteiger partial charge in [-0.05, 0) is 64.8 Å². The molecule has 2 heteroatoms. The lowest BCUT2D eigenvalue weighted by atomic mass is 9.82. The summed E-state index contributed by atoms with van der Waals surface area (Å²) in [5.74, 6) is 0. The lowest BCUT2D eigenvalue weighted by molar-refractivity contribution is 0.589. The summed E-state index contributed by atoms with van der Waals surface area (Å²) in [6, 6.07) is 18.9. The first-order chi connectivity index (χ1) is 11.8. The molecule has 0 atom stereocenters. The molecule has 124 valence electrons. The van der Waals surface area contributed by atoms with Gasteiger partial charge in [-0.2, -0.15) is 0 Å². The van der Waals surface area contributed by atoms with Gasteiger partial charge in [-0.25, -0.2) is 0 Å². The minimum atomic E-state index is 0.139. The number of nitrogens with zero attached hydrogens (tertiary/aromatic N) is 1. The highest BCUT2D eigenvalue weighted by molar-refractivity contribution is 6.31. The Balaban J connectivity index is 2.16. The zero-order chi connectivity index (χ0) is 18.2. The molecule has 1 nitrogen and oxygen atoms in total. The molecule has 2 aromatic carbocycles. The maximum absolute atomic E-state index is 6.12. The molecule has 2 radical (unpaired) electrons. The summed E-state index contributed by atoms with van der Waals surface area (Å²) < 4.78 is 0. The van der Waals surface area contributed by atoms with Crippen LogP contribution in [0.5, 0.6) is 0 Å². The van der Waals surface area contributed by atoms with Crippen LogP contribution in [0, 0.1) is 13.8 Å². The first-order valence-electron chi connectivity index (χ1n) is 8.71. The fraction of sp³-hybridized carbons (Fsp3) is 0.261. The first kappa shape index (κ1) is 17.5. The van der Waals surface area contributed by atoms with Crippen LogP contribution in [0.1, 0.15) is 37.5 Å². The van der Waals surface area contributed by atoms with Crippen LogP contribution in [0.15, 0.2) is 54.6 Å². The molecule has 0 fully saturated rings. The Morgan fingerprint density at radius 1 is 0.800 bits per heavy atom. The van der Waals surface area contributed by atoms with Gasteiger partial charge in [0.05, 0.1) is 5.69 Å². The van der Waals surface area contributed by atoms with E-state index in [0.29, 0.717) is 5.59 Å². The second kappa shape index (κ2) is 6.52. The first-order valence-corrected chi connectivity index (χ1v) is 8.71. The Bertz CT molecular complexity index is 882. The summed E-state index contributed by atoms with van der Waals surface area (Å²) in [4.78, 5) is 4.52. The Morgan fingerprint density at radius 3 is 1.96 bits per heavy atom. The predicted molar refractivity (Wildman–Crippen MR) is 109 cm³/mol. The molecule has 0 bridgehead atoms. The molecule has 0 saturated heterocycles. The van der Waals surface area contributed by atoms with Crippen molar-refractivity contribution in [2.24, 2.45) is 0 Å². The molecule has 0 saturated carbocycles. The number of rotatable bonds is 2. The summed E-state index contributed by atoms with van der Waals surface area (Å²) in [5.41, 5.74) is 8.96. The van der Waals surface area contributed by atoms with Crippen LogP contribution >= 0.6 is 0 Å². The number of aryl methyl sites for hydroxylation is 2. The quantitative estimate of drug-likeness (QED) is 0.596. The molecule has 3 rings (SSSR count). The highest BCUT2D eigenvalue weighted by Gasteiger charge is 2.17. The van der Waals surface area contributed by atoms with E-state index < -0.39 is 0 Å². The van der Waals surface area contributed by atoms with Gasteiger partial charge in [-0.3, -0.25) is 4.98 Å². The minimum Gasteiger partial charge on any atom is -0.264 e. The van der Waals surface area contributed by atoms with Crippen molar-refractivity contribution >= 4 is 13.4 Å². The lowest BCUT2D eigenvalue weighted by Crippen LogP contribution is -2.13. The average molecular weight is 325 g/mol. The van der Waals surface area contributed by atoms with Crippen LogP contribution in [-0.2, 0) is 5.41 Å². The van der Waals surface area contributed by atoms with Crippen molar-refractivity contribution in [3.05, 3.63) is 71.3 Å². The lowest BCUT2D eigenvalue weighted by Gasteiger charge is -2.23. The number of pyridine rings is 1. The summed E-state index contributed by atoms with van der Waals surface area (Å²) in [5, 5.41) is 0. The van der Waals surface area contributed by atoms with E-state index in [1.54, 1.807) is 0 Å². The fourth-order valence-corrected chi connectivity index (χ4v) is 3.30. The molecular weight excluding hydrogens is 301 g/mol. The largest absolute Gasteiger partial charge is 0.264 e. The van der Waals surface area contributed by atoms with Crippen molar-refractivity contribution in [1.29, 1.82) is 0 Å². The Kier molecular flexibility index (Phi) is 4.56. The Labute approximate surface area is 152 Å². The summed E-state index contributed by atoms with van der Waals surface area (Å²) in [7, 11) is 6.12. The van der Waals surface area contributed by atoms with E-state index in [0.717, 1.165) is 16.8 Å². The van der Waals surface area contributed by atoms with E-state index in [2.05, 4.69) is 69.9 Å². The van der Waals surface area contributed by atoms with Gasteiger partial charge in [0.15, 0.2) is 0 Å². The van der Waals surface area contributed by atoms with Gasteiger partial charge in [0, 0.05) is 5.56 Å². The van der Waals surface area contributed by atoms with Crippen LogP contribution in [0.3, 0.4) is 0 Å². The van der Waals surface area contributed by atoms with E-state index in [9.17, 15) is 0 Å². The van der Waals surface area contributed by atoms with Gasteiger partial charge >= 0.3 is 0 Å². The van der Waals surface area contributed by atoms with Crippen molar-refractivity contribution in [3.63, 3.8) is 0 Å². The normalized spacial score (nSPS) is 11.6. The third kappa shape index (κ3) is 3.68. The van der Waals surface area contributed by atoms with Gasteiger partial charge in [-0.15, -0.1) is 0 Å². The molecule has 0 amide bonds. The van der Waals surface area contributed by atoms with Gasteiger partial charge in [-0.1, -0.05) is 63.2 Å². The molecule has 1 aromatic heterocycles. The summed E-state index contributed by atoms with van der Waals surface area (Å²) >= 11 is 0. The van der Waals surface area contributed by atoms with E-state index >= 15 is 0 Å². The fourth-order valence-electron chi connectivity index (χ4n) is 3.30. The molecule has 25 heavy (non-hydrogen) atoms. The molecule has 1 heterocycles. The van der Waals surface area contributed by atoms with E-state index in [1.807, 2.05) is 24.3 Å². The third-order valence-electron chi connectivity index (χ3n) is 4.60. The molecule has 0 aliphatic rings. The van der Waals surface area contributed by atoms with Crippen LogP contribution in [0.4, 0.5) is 0 Å². The maximum atomic E-state index is 6.12. The van der Waals surface area contributed by atoms with Crippen molar-refractivity contribution in [3.8, 4) is 22.4 Å². The Hall–Kier alpha value is -2.35. The Morgan fingerprint density at radius 2 is 1.40 bits per heavy atom. The predicted octanol–water partition coefficient (Wildman–Crippen LogP) is 5.12. The molecule has 0 N–H and O–H groups in total. The highest BCUT2D eigenvalue weighted by atomic mass is 14.7. The smallest absolute Gasteiger partial charge is 0.141 e. The van der Waals surface area contributed by atoms with Gasteiger partial charge < -0.3 is 0 Å². The van der Waals surface area contributed by atoms with E-state index in [1.165, 1.54) is 22.3 Å². The van der Waals surface area contributed by atoms with Gasteiger partial charge in [0.1, 0.15) is 7.85 Å². The zero-order valence-corrected chi connectivity index (χ0v) is 15.7. The van der Waals surface area contributed by atoms with Gasteiger partial charge in [0.2, 0.25) is 0 Å². The molecule has 0 aliphatic carbocycles. The van der Waals surface area contributed by atoms with Crippen LogP contribution in [0.2, 0.25) is 0 Å². The van der Waals surface area contributed by atoms with E-state index in [4.69, 9.17) is 7.85 Å². The summed E-state index contributed by atoms with van der Waals surface area (Å²) in [6.45, 7) is 11.1. The van der Waals surface area contributed by atoms with Crippen molar-refractivity contribution in [1.82, 2.24) is 4.98 Å². The topological polar surface area (TPSA) is 12.9 Å². The second-order valence-corrected chi connectivity index (χ2v) is 7.77. The third-order valence-corrected chi connectivity index (χ3v) is 4.60. The maximum Gasteiger partial charge on any atom is 0.141 e. The number of aromatic nitrogens is 1. The zero-order valence-electron chi connectivity index (χ0n) is 15.7. The number of benzene rings is 2. The monoisotopic (exact) mass is 325 g/mol. The van der Waals surface area contributed by atoms with Crippen molar-refractivity contribution in [2.75, 3.05) is 0 Å². The number of hydrogen-bond acceptors (Lipinski definition) is 1. The average Bonchev–Trinajstić information content (AvgIpc) is 2.53. The van der Waals surface area contributed by atoms with Crippen LogP contribution < -0.4 is 5.59 Å². The van der Waals surface area contributed by atoms with Crippen LogP contribution in [0.25, 0.3) is 22.4 Å². The minimum absolute atomic E-state index is 0.139. The molecule has 3 aromatic rings. The van der Waals surface area contributed by atoms with Crippen molar-refractivity contribution < 1.29 is 0 Å². The number of hydrogen-bond donors (Lipinski definition) is 0. The SMILES string of the molecule is [B]c1cc(-c2c(C)cc(C(C)(C)C)cc2C)cc(-c2ccccc2)n1. The molecule has 0 aliphatic heterocycles. The van der Waals surface area contributed by atoms with Crippen molar-refractivity contribution in [2.45, 2.75) is 40.0 Å². The highest BCUT2D eigenvalue weighted by Crippen LogP contribution is 2.33.